The van der Waals surface area contributed by atoms with Gasteiger partial charge in [0.1, 0.15) is 5.75 Å². The third kappa shape index (κ3) is 2.81. The number of ether oxygens (including phenoxy) is 1. The summed E-state index contributed by atoms with van der Waals surface area (Å²) < 4.78 is 9.56. The number of nitrogens with zero attached hydrogens (tertiary/aromatic N) is 2. The van der Waals surface area contributed by atoms with Crippen LogP contribution in [-0.4, -0.2) is 28.7 Å². The summed E-state index contributed by atoms with van der Waals surface area (Å²) in [6.07, 6.45) is 4.02. The van der Waals surface area contributed by atoms with Gasteiger partial charge in [-0.05, 0) is 42.5 Å². The van der Waals surface area contributed by atoms with Gasteiger partial charge < -0.3 is 19.2 Å². The van der Waals surface area contributed by atoms with Gasteiger partial charge in [0.2, 0.25) is 0 Å². The van der Waals surface area contributed by atoms with E-state index in [1.165, 1.54) is 0 Å². The molecule has 4 rings (SSSR count). The van der Waals surface area contributed by atoms with E-state index < -0.39 is 0 Å². The molecule has 0 bridgehead atoms. The number of benzene rings is 2. The highest BCUT2D eigenvalue weighted by Crippen LogP contribution is 2.26. The molecule has 0 unspecified atom stereocenters. The highest BCUT2D eigenvalue weighted by molar-refractivity contribution is 5.98. The van der Waals surface area contributed by atoms with Crippen molar-refractivity contribution in [3.05, 3.63) is 66.5 Å². The largest absolute Gasteiger partial charge is 0.496 e. The molecule has 26 heavy (non-hydrogen) atoms. The smallest absolute Gasteiger partial charge is 0.251 e. The molecule has 0 radical (unpaired) electrons. The number of aromatic nitrogens is 2. The minimum absolute atomic E-state index is 0.0511. The molecule has 0 aliphatic carbocycles. The van der Waals surface area contributed by atoms with Gasteiger partial charge in [-0.25, -0.2) is 0 Å². The quantitative estimate of drug-likeness (QED) is 0.600. The van der Waals surface area contributed by atoms with Crippen molar-refractivity contribution in [1.82, 2.24) is 14.5 Å². The Labute approximate surface area is 151 Å². The summed E-state index contributed by atoms with van der Waals surface area (Å²) in [5.74, 6) is 0.811. The molecule has 0 atom stereocenters. The minimum atomic E-state index is -0.0511. The number of carbonyl (C=O) groups is 1. The zero-order chi connectivity index (χ0) is 18.1. The maximum absolute atomic E-state index is 12.4. The number of aryl methyl sites for hydroxylation is 1. The van der Waals surface area contributed by atoms with Crippen LogP contribution in [-0.2, 0) is 13.6 Å². The average molecular weight is 347 g/mol. The van der Waals surface area contributed by atoms with Crippen LogP contribution in [0.15, 0.2) is 60.9 Å². The second-order valence-corrected chi connectivity index (χ2v) is 6.36. The number of fused-ring (bicyclic) bond motifs is 2. The molecule has 0 saturated heterocycles. The predicted octanol–water partition coefficient (Wildman–Crippen LogP) is 3.57. The first-order chi connectivity index (χ1) is 12.7. The van der Waals surface area contributed by atoms with E-state index >= 15 is 0 Å². The van der Waals surface area contributed by atoms with E-state index in [4.69, 9.17) is 4.74 Å². The van der Waals surface area contributed by atoms with Gasteiger partial charge in [-0.3, -0.25) is 4.79 Å². The fourth-order valence-corrected chi connectivity index (χ4v) is 3.38. The van der Waals surface area contributed by atoms with Crippen LogP contribution >= 0.6 is 0 Å². The molecule has 0 aliphatic heterocycles. The first kappa shape index (κ1) is 16.3. The molecule has 0 saturated carbocycles. The van der Waals surface area contributed by atoms with E-state index in [-0.39, 0.29) is 5.91 Å². The Morgan fingerprint density at radius 2 is 1.96 bits per heavy atom. The molecule has 2 heterocycles. The van der Waals surface area contributed by atoms with Crippen LogP contribution in [0.3, 0.4) is 0 Å². The fraction of sp³-hybridized carbons (Fsp3) is 0.190. The lowest BCUT2D eigenvalue weighted by atomic mass is 10.1. The van der Waals surface area contributed by atoms with Gasteiger partial charge in [-0.1, -0.05) is 6.07 Å². The average Bonchev–Trinajstić information content (AvgIpc) is 3.25. The van der Waals surface area contributed by atoms with Crippen LogP contribution in [0.25, 0.3) is 21.8 Å². The molecule has 0 aliphatic rings. The number of methoxy groups -OCH3 is 1. The standard InChI is InChI=1S/C21H21N3O2/c1-23-11-8-15-14-16(6-7-18(15)23)21(25)22-10-13-24-12-9-17-19(24)4-3-5-20(17)26-2/h3-9,11-12,14H,10,13H2,1-2H3,(H,22,25). The molecule has 2 aromatic carbocycles. The Morgan fingerprint density at radius 3 is 2.81 bits per heavy atom. The van der Waals surface area contributed by atoms with Crippen molar-refractivity contribution in [2.45, 2.75) is 6.54 Å². The lowest BCUT2D eigenvalue weighted by Crippen LogP contribution is -2.27. The topological polar surface area (TPSA) is 48.2 Å². The van der Waals surface area contributed by atoms with Crippen LogP contribution in [0, 0.1) is 0 Å². The first-order valence-corrected chi connectivity index (χ1v) is 8.62. The summed E-state index contributed by atoms with van der Waals surface area (Å²) in [6.45, 7) is 1.27. The SMILES string of the molecule is COc1cccc2c1ccn2CCNC(=O)c1ccc2c(ccn2C)c1. The van der Waals surface area contributed by atoms with Crippen molar-refractivity contribution in [2.75, 3.05) is 13.7 Å². The summed E-state index contributed by atoms with van der Waals surface area (Å²) in [5, 5.41) is 5.16. The van der Waals surface area contributed by atoms with Crippen LogP contribution < -0.4 is 10.1 Å². The number of carbonyl (C=O) groups excluding carboxylic acids is 1. The summed E-state index contributed by atoms with van der Waals surface area (Å²) in [5.41, 5.74) is 2.90. The molecule has 4 aromatic rings. The van der Waals surface area contributed by atoms with Crippen molar-refractivity contribution < 1.29 is 9.53 Å². The van der Waals surface area contributed by atoms with Gasteiger partial charge in [-0.15, -0.1) is 0 Å². The number of rotatable bonds is 5. The van der Waals surface area contributed by atoms with Crippen molar-refractivity contribution in [2.24, 2.45) is 7.05 Å². The molecular formula is C21H21N3O2. The second-order valence-electron chi connectivity index (χ2n) is 6.36. The Morgan fingerprint density at radius 1 is 1.08 bits per heavy atom. The van der Waals surface area contributed by atoms with Crippen molar-refractivity contribution in [3.63, 3.8) is 0 Å². The molecule has 0 spiro atoms. The summed E-state index contributed by atoms with van der Waals surface area (Å²) in [4.78, 5) is 12.4. The van der Waals surface area contributed by atoms with Gasteiger partial charge in [-0.2, -0.15) is 0 Å². The van der Waals surface area contributed by atoms with Crippen LogP contribution in [0.2, 0.25) is 0 Å². The maximum atomic E-state index is 12.4. The Balaban J connectivity index is 1.44. The third-order valence-electron chi connectivity index (χ3n) is 4.78. The lowest BCUT2D eigenvalue weighted by molar-refractivity contribution is 0.0952. The molecule has 1 N–H and O–H groups in total. The van der Waals surface area contributed by atoms with Gasteiger partial charge in [0.25, 0.3) is 5.91 Å². The Hall–Kier alpha value is -3.21. The first-order valence-electron chi connectivity index (χ1n) is 8.62. The van der Waals surface area contributed by atoms with Crippen LogP contribution in [0.1, 0.15) is 10.4 Å². The molecule has 2 aromatic heterocycles. The summed E-state index contributed by atoms with van der Waals surface area (Å²) in [7, 11) is 3.67. The maximum Gasteiger partial charge on any atom is 0.251 e. The van der Waals surface area contributed by atoms with Crippen LogP contribution in [0.4, 0.5) is 0 Å². The van der Waals surface area contributed by atoms with E-state index in [1.54, 1.807) is 7.11 Å². The minimum Gasteiger partial charge on any atom is -0.496 e. The number of hydrogen-bond donors (Lipinski definition) is 1. The van der Waals surface area contributed by atoms with Crippen molar-refractivity contribution in [1.29, 1.82) is 0 Å². The number of hydrogen-bond acceptors (Lipinski definition) is 2. The Kier molecular flexibility index (Phi) is 4.13. The lowest BCUT2D eigenvalue weighted by Gasteiger charge is -2.09. The number of amides is 1. The summed E-state index contributed by atoms with van der Waals surface area (Å²) in [6, 6.07) is 15.8. The molecule has 1 amide bonds. The molecule has 5 nitrogen and oxygen atoms in total. The molecule has 0 fully saturated rings. The highest BCUT2D eigenvalue weighted by atomic mass is 16.5. The zero-order valence-corrected chi connectivity index (χ0v) is 14.9. The highest BCUT2D eigenvalue weighted by Gasteiger charge is 2.09. The molecule has 5 heteroatoms. The van der Waals surface area contributed by atoms with E-state index in [0.717, 1.165) is 27.6 Å². The zero-order valence-electron chi connectivity index (χ0n) is 14.9. The number of nitrogens with one attached hydrogen (secondary N) is 1. The third-order valence-corrected chi connectivity index (χ3v) is 4.78. The van der Waals surface area contributed by atoms with Gasteiger partial charge in [0.15, 0.2) is 0 Å². The van der Waals surface area contributed by atoms with E-state index in [0.29, 0.717) is 18.7 Å². The molecule has 132 valence electrons. The van der Waals surface area contributed by atoms with E-state index in [1.807, 2.05) is 66.5 Å². The van der Waals surface area contributed by atoms with Crippen molar-refractivity contribution >= 4 is 27.7 Å². The second kappa shape index (κ2) is 6.59. The van der Waals surface area contributed by atoms with E-state index in [2.05, 4.69) is 16.0 Å². The van der Waals surface area contributed by atoms with Gasteiger partial charge >= 0.3 is 0 Å². The van der Waals surface area contributed by atoms with Crippen LogP contribution in [0.5, 0.6) is 5.75 Å². The predicted molar refractivity (Wildman–Crippen MR) is 104 cm³/mol. The van der Waals surface area contributed by atoms with Crippen molar-refractivity contribution in [3.8, 4) is 5.75 Å². The Bertz CT molecular complexity index is 1090. The molecular weight excluding hydrogens is 326 g/mol. The fourth-order valence-electron chi connectivity index (χ4n) is 3.38. The van der Waals surface area contributed by atoms with Gasteiger partial charge in [0.05, 0.1) is 12.6 Å². The monoisotopic (exact) mass is 347 g/mol. The normalized spacial score (nSPS) is 11.2. The van der Waals surface area contributed by atoms with Gasteiger partial charge in [0, 0.05) is 54.4 Å². The summed E-state index contributed by atoms with van der Waals surface area (Å²) >= 11 is 0. The van der Waals surface area contributed by atoms with E-state index in [9.17, 15) is 4.79 Å².